The number of hydrogen-bond donors (Lipinski definition) is 1. The van der Waals surface area contributed by atoms with Gasteiger partial charge in [-0.15, -0.1) is 0 Å². The molecule has 0 fully saturated rings. The molecule has 1 atom stereocenters. The van der Waals surface area contributed by atoms with Crippen molar-refractivity contribution in [3.8, 4) is 17.0 Å². The minimum atomic E-state index is -0.869. The summed E-state index contributed by atoms with van der Waals surface area (Å²) in [6.45, 7) is 1.55. The lowest BCUT2D eigenvalue weighted by molar-refractivity contribution is 0.221. The minimum absolute atomic E-state index is 0.0793. The molecule has 0 aliphatic rings. The maximum atomic E-state index is 14.0. The van der Waals surface area contributed by atoms with E-state index in [4.69, 9.17) is 22.1 Å². The standard InChI is InChI=1S/C18H14ClF2N3O/c1-10(16-12(20)5-6-13(21)17(16)19)25-15-8-11(9-24-18(15)22)14-4-2-3-7-23-14/h2-10H,1H3,(H2,22,24). The third-order valence-electron chi connectivity index (χ3n) is 3.63. The molecule has 3 aromatic rings. The highest BCUT2D eigenvalue weighted by molar-refractivity contribution is 6.31. The smallest absolute Gasteiger partial charge is 0.166 e. The van der Waals surface area contributed by atoms with Crippen molar-refractivity contribution in [3.63, 3.8) is 0 Å². The number of anilines is 1. The molecule has 2 heterocycles. The summed E-state index contributed by atoms with van der Waals surface area (Å²) in [4.78, 5) is 8.31. The molecule has 0 saturated carbocycles. The molecule has 2 N–H and O–H groups in total. The second kappa shape index (κ2) is 7.03. The highest BCUT2D eigenvalue weighted by Gasteiger charge is 2.21. The van der Waals surface area contributed by atoms with Crippen molar-refractivity contribution < 1.29 is 13.5 Å². The number of halogens is 3. The van der Waals surface area contributed by atoms with E-state index in [1.54, 1.807) is 31.5 Å². The van der Waals surface area contributed by atoms with Gasteiger partial charge >= 0.3 is 0 Å². The molecule has 0 amide bonds. The minimum Gasteiger partial charge on any atom is -0.482 e. The number of nitrogen functional groups attached to an aromatic ring is 1. The van der Waals surface area contributed by atoms with Crippen molar-refractivity contribution in [2.75, 3.05) is 5.73 Å². The Kier molecular flexibility index (Phi) is 4.81. The van der Waals surface area contributed by atoms with Crippen molar-refractivity contribution in [2.45, 2.75) is 13.0 Å². The Hall–Kier alpha value is -2.73. The summed E-state index contributed by atoms with van der Waals surface area (Å²) in [6.07, 6.45) is 2.34. The summed E-state index contributed by atoms with van der Waals surface area (Å²) in [5, 5.41) is -0.320. The average molecular weight is 362 g/mol. The number of benzene rings is 1. The third kappa shape index (κ3) is 3.53. The van der Waals surface area contributed by atoms with Gasteiger partial charge in [-0.05, 0) is 37.3 Å². The van der Waals surface area contributed by atoms with Gasteiger partial charge in [-0.3, -0.25) is 4.98 Å². The molecule has 1 unspecified atom stereocenters. The normalized spacial score (nSPS) is 12.0. The van der Waals surface area contributed by atoms with Gasteiger partial charge in [-0.1, -0.05) is 17.7 Å². The van der Waals surface area contributed by atoms with Crippen LogP contribution in [0.5, 0.6) is 5.75 Å². The van der Waals surface area contributed by atoms with Crippen molar-refractivity contribution in [1.82, 2.24) is 9.97 Å². The van der Waals surface area contributed by atoms with Gasteiger partial charge in [0, 0.05) is 23.5 Å². The highest BCUT2D eigenvalue weighted by Crippen LogP contribution is 2.34. The molecule has 1 aromatic carbocycles. The number of pyridine rings is 2. The fourth-order valence-corrected chi connectivity index (χ4v) is 2.69. The first kappa shape index (κ1) is 17.1. The molecule has 7 heteroatoms. The van der Waals surface area contributed by atoms with E-state index in [0.717, 1.165) is 12.1 Å². The number of nitrogens with zero attached hydrogens (tertiary/aromatic N) is 2. The topological polar surface area (TPSA) is 61.0 Å². The van der Waals surface area contributed by atoms with Gasteiger partial charge in [0.15, 0.2) is 11.6 Å². The molecule has 128 valence electrons. The molecule has 0 saturated heterocycles. The SMILES string of the molecule is CC(Oc1cc(-c2ccccn2)cnc1N)c1c(F)ccc(F)c1Cl. The quantitative estimate of drug-likeness (QED) is 0.678. The van der Waals surface area contributed by atoms with Gasteiger partial charge in [-0.2, -0.15) is 0 Å². The zero-order valence-corrected chi connectivity index (χ0v) is 14.0. The van der Waals surface area contributed by atoms with E-state index in [1.165, 1.54) is 0 Å². The number of aromatic nitrogens is 2. The van der Waals surface area contributed by atoms with Crippen LogP contribution >= 0.6 is 11.6 Å². The summed E-state index contributed by atoms with van der Waals surface area (Å²) < 4.78 is 33.4. The van der Waals surface area contributed by atoms with Gasteiger partial charge in [0.2, 0.25) is 0 Å². The number of rotatable bonds is 4. The largest absolute Gasteiger partial charge is 0.482 e. The molecule has 0 radical (unpaired) electrons. The Morgan fingerprint density at radius 1 is 1.12 bits per heavy atom. The zero-order chi connectivity index (χ0) is 18.0. The molecule has 0 aliphatic carbocycles. The maximum Gasteiger partial charge on any atom is 0.166 e. The van der Waals surface area contributed by atoms with Crippen molar-refractivity contribution >= 4 is 17.4 Å². The highest BCUT2D eigenvalue weighted by atomic mass is 35.5. The zero-order valence-electron chi connectivity index (χ0n) is 13.2. The van der Waals surface area contributed by atoms with Crippen molar-refractivity contribution in [1.29, 1.82) is 0 Å². The first-order valence-electron chi connectivity index (χ1n) is 7.44. The van der Waals surface area contributed by atoms with E-state index in [-0.39, 0.29) is 22.2 Å². The Balaban J connectivity index is 1.94. The lowest BCUT2D eigenvalue weighted by Gasteiger charge is -2.18. The van der Waals surface area contributed by atoms with Crippen LogP contribution in [0, 0.1) is 11.6 Å². The molecular weight excluding hydrogens is 348 g/mol. The van der Waals surface area contributed by atoms with Crippen molar-refractivity contribution in [3.05, 3.63) is 71.0 Å². The van der Waals surface area contributed by atoms with Crippen LogP contribution in [0.25, 0.3) is 11.3 Å². The van der Waals surface area contributed by atoms with Crippen LogP contribution < -0.4 is 10.5 Å². The Labute approximate surface area is 148 Å². The van der Waals surface area contributed by atoms with Crippen LogP contribution in [-0.4, -0.2) is 9.97 Å². The molecule has 2 aromatic heterocycles. The Bertz CT molecular complexity index is 906. The lowest BCUT2D eigenvalue weighted by atomic mass is 10.1. The van der Waals surface area contributed by atoms with Crippen LogP contribution in [0.15, 0.2) is 48.8 Å². The predicted octanol–water partition coefficient (Wildman–Crippen LogP) is 4.80. The second-order valence-electron chi connectivity index (χ2n) is 5.34. The van der Waals surface area contributed by atoms with Gasteiger partial charge < -0.3 is 10.5 Å². The molecule has 0 spiro atoms. The Morgan fingerprint density at radius 3 is 2.60 bits per heavy atom. The van der Waals surface area contributed by atoms with Gasteiger partial charge in [0.1, 0.15) is 17.7 Å². The summed E-state index contributed by atoms with van der Waals surface area (Å²) in [6, 6.07) is 9.05. The van der Waals surface area contributed by atoms with Crippen LogP contribution in [0.2, 0.25) is 5.02 Å². The fraction of sp³-hybridized carbons (Fsp3) is 0.111. The molecular formula is C18H14ClF2N3O. The summed E-state index contributed by atoms with van der Waals surface area (Å²) in [5.41, 5.74) is 7.13. The number of nitrogens with two attached hydrogens (primary N) is 1. The molecule has 25 heavy (non-hydrogen) atoms. The summed E-state index contributed by atoms with van der Waals surface area (Å²) in [7, 11) is 0. The molecule has 3 rings (SSSR count). The maximum absolute atomic E-state index is 14.0. The van der Waals surface area contributed by atoms with E-state index in [0.29, 0.717) is 11.3 Å². The van der Waals surface area contributed by atoms with Crippen LogP contribution in [-0.2, 0) is 0 Å². The molecule has 0 bridgehead atoms. The van der Waals surface area contributed by atoms with Crippen LogP contribution in [0.3, 0.4) is 0 Å². The van der Waals surface area contributed by atoms with Gasteiger partial charge in [0.05, 0.1) is 10.7 Å². The van der Waals surface area contributed by atoms with E-state index in [9.17, 15) is 8.78 Å². The predicted molar refractivity (Wildman–Crippen MR) is 92.3 cm³/mol. The monoisotopic (exact) mass is 361 g/mol. The second-order valence-corrected chi connectivity index (χ2v) is 5.72. The van der Waals surface area contributed by atoms with E-state index >= 15 is 0 Å². The van der Waals surface area contributed by atoms with Crippen LogP contribution in [0.1, 0.15) is 18.6 Å². The van der Waals surface area contributed by atoms with Crippen molar-refractivity contribution in [2.24, 2.45) is 0 Å². The molecule has 4 nitrogen and oxygen atoms in total. The number of hydrogen-bond acceptors (Lipinski definition) is 4. The van der Waals surface area contributed by atoms with Gasteiger partial charge in [-0.25, -0.2) is 13.8 Å². The van der Waals surface area contributed by atoms with E-state index < -0.39 is 17.7 Å². The summed E-state index contributed by atoms with van der Waals surface area (Å²) >= 11 is 5.87. The Morgan fingerprint density at radius 2 is 1.88 bits per heavy atom. The number of ether oxygens (including phenoxy) is 1. The fourth-order valence-electron chi connectivity index (χ4n) is 2.39. The van der Waals surface area contributed by atoms with E-state index in [2.05, 4.69) is 9.97 Å². The van der Waals surface area contributed by atoms with Gasteiger partial charge in [0.25, 0.3) is 0 Å². The lowest BCUT2D eigenvalue weighted by Crippen LogP contribution is -2.09. The van der Waals surface area contributed by atoms with E-state index in [1.807, 2.05) is 12.1 Å². The summed E-state index contributed by atoms with van der Waals surface area (Å²) in [5.74, 6) is -1.02. The molecule has 0 aliphatic heterocycles. The first-order valence-corrected chi connectivity index (χ1v) is 7.82. The third-order valence-corrected chi connectivity index (χ3v) is 4.02. The van der Waals surface area contributed by atoms with Crippen LogP contribution in [0.4, 0.5) is 14.6 Å². The average Bonchev–Trinajstić information content (AvgIpc) is 2.61. The first-order chi connectivity index (χ1) is 12.0.